The summed E-state index contributed by atoms with van der Waals surface area (Å²) < 4.78 is 18.7. The SMILES string of the molecule is CCOC(=O)C1CCC(NCc2ccc(F)c(Br)c2)CC1. The number of carbonyl (C=O) groups excluding carboxylic acids is 1. The molecule has 0 amide bonds. The van der Waals surface area contributed by atoms with Crippen molar-refractivity contribution in [1.29, 1.82) is 0 Å². The fraction of sp³-hybridized carbons (Fsp3) is 0.562. The van der Waals surface area contributed by atoms with Crippen LogP contribution < -0.4 is 5.32 Å². The maximum Gasteiger partial charge on any atom is 0.308 e. The van der Waals surface area contributed by atoms with Gasteiger partial charge in [-0.25, -0.2) is 4.39 Å². The van der Waals surface area contributed by atoms with Gasteiger partial charge in [0.1, 0.15) is 5.82 Å². The van der Waals surface area contributed by atoms with E-state index >= 15 is 0 Å². The van der Waals surface area contributed by atoms with Crippen molar-refractivity contribution in [2.24, 2.45) is 5.92 Å². The minimum absolute atomic E-state index is 0.0570. The van der Waals surface area contributed by atoms with Gasteiger partial charge in [0.25, 0.3) is 0 Å². The second-order valence-electron chi connectivity index (χ2n) is 5.43. The minimum Gasteiger partial charge on any atom is -0.466 e. The first-order valence-corrected chi connectivity index (χ1v) is 8.23. The summed E-state index contributed by atoms with van der Waals surface area (Å²) in [5.41, 5.74) is 1.05. The highest BCUT2D eigenvalue weighted by molar-refractivity contribution is 9.10. The van der Waals surface area contributed by atoms with Crippen LogP contribution >= 0.6 is 15.9 Å². The molecule has 0 unspecified atom stereocenters. The zero-order valence-corrected chi connectivity index (χ0v) is 13.8. The Hall–Kier alpha value is -0.940. The Balaban J connectivity index is 1.76. The predicted octanol–water partition coefficient (Wildman–Crippen LogP) is 3.80. The van der Waals surface area contributed by atoms with Gasteiger partial charge in [0, 0.05) is 12.6 Å². The molecule has 1 aliphatic carbocycles. The molecule has 0 bridgehead atoms. The lowest BCUT2D eigenvalue weighted by molar-refractivity contribution is -0.149. The number of hydrogen-bond acceptors (Lipinski definition) is 3. The normalized spacial score (nSPS) is 22.0. The maximum absolute atomic E-state index is 13.2. The third-order valence-electron chi connectivity index (χ3n) is 3.93. The van der Waals surface area contributed by atoms with E-state index in [1.54, 1.807) is 12.1 Å². The lowest BCUT2D eigenvalue weighted by atomic mass is 9.86. The molecule has 0 radical (unpaired) electrons. The molecule has 0 heterocycles. The van der Waals surface area contributed by atoms with Crippen LogP contribution in [0.3, 0.4) is 0 Å². The quantitative estimate of drug-likeness (QED) is 0.814. The molecule has 0 aromatic heterocycles. The Morgan fingerprint density at radius 2 is 2.10 bits per heavy atom. The Morgan fingerprint density at radius 3 is 2.71 bits per heavy atom. The van der Waals surface area contributed by atoms with Crippen molar-refractivity contribution in [3.8, 4) is 0 Å². The van der Waals surface area contributed by atoms with Crippen molar-refractivity contribution < 1.29 is 13.9 Å². The molecule has 1 fully saturated rings. The first-order valence-electron chi connectivity index (χ1n) is 7.44. The number of hydrogen-bond donors (Lipinski definition) is 1. The van der Waals surface area contributed by atoms with Crippen LogP contribution in [0.2, 0.25) is 0 Å². The molecule has 2 rings (SSSR count). The first-order chi connectivity index (χ1) is 10.1. The van der Waals surface area contributed by atoms with Crippen LogP contribution in [0, 0.1) is 11.7 Å². The van der Waals surface area contributed by atoms with Crippen molar-refractivity contribution >= 4 is 21.9 Å². The molecule has 1 aromatic carbocycles. The molecular weight excluding hydrogens is 337 g/mol. The number of nitrogens with one attached hydrogen (secondary N) is 1. The average molecular weight is 358 g/mol. The maximum atomic E-state index is 13.2. The highest BCUT2D eigenvalue weighted by Gasteiger charge is 2.26. The van der Waals surface area contributed by atoms with E-state index in [-0.39, 0.29) is 17.7 Å². The summed E-state index contributed by atoms with van der Waals surface area (Å²) in [7, 11) is 0. The van der Waals surface area contributed by atoms with Gasteiger partial charge in [-0.2, -0.15) is 0 Å². The second kappa shape index (κ2) is 7.90. The van der Waals surface area contributed by atoms with Crippen molar-refractivity contribution in [1.82, 2.24) is 5.32 Å². The van der Waals surface area contributed by atoms with Crippen LogP contribution in [-0.4, -0.2) is 18.6 Å². The molecule has 0 spiro atoms. The summed E-state index contributed by atoms with van der Waals surface area (Å²) in [5, 5.41) is 3.48. The van der Waals surface area contributed by atoms with Gasteiger partial charge in [0.05, 0.1) is 17.0 Å². The van der Waals surface area contributed by atoms with E-state index < -0.39 is 0 Å². The molecule has 116 valence electrons. The fourth-order valence-electron chi connectivity index (χ4n) is 2.71. The van der Waals surface area contributed by atoms with Gasteiger partial charge in [-0.15, -0.1) is 0 Å². The number of halogens is 2. The number of carbonyl (C=O) groups is 1. The summed E-state index contributed by atoms with van der Waals surface area (Å²) in [6, 6.07) is 5.47. The molecule has 5 heteroatoms. The van der Waals surface area contributed by atoms with Crippen molar-refractivity contribution in [3.05, 3.63) is 34.1 Å². The molecular formula is C16H21BrFNO2. The molecule has 3 nitrogen and oxygen atoms in total. The third kappa shape index (κ3) is 4.78. The Kier molecular flexibility index (Phi) is 6.18. The molecule has 0 aliphatic heterocycles. The standard InChI is InChI=1S/C16H21BrFNO2/c1-2-21-16(20)12-4-6-13(7-5-12)19-10-11-3-8-15(18)14(17)9-11/h3,8-9,12-13,19H,2,4-7,10H2,1H3. The predicted molar refractivity (Wildman–Crippen MR) is 83.3 cm³/mol. The molecule has 0 atom stereocenters. The Bertz CT molecular complexity index is 487. The van der Waals surface area contributed by atoms with Crippen LogP contribution in [0.25, 0.3) is 0 Å². The van der Waals surface area contributed by atoms with E-state index in [4.69, 9.17) is 4.74 Å². The molecule has 1 aromatic rings. The van der Waals surface area contributed by atoms with Gasteiger partial charge in [-0.3, -0.25) is 4.79 Å². The van der Waals surface area contributed by atoms with Gasteiger partial charge < -0.3 is 10.1 Å². The molecule has 0 saturated heterocycles. The topological polar surface area (TPSA) is 38.3 Å². The van der Waals surface area contributed by atoms with E-state index in [0.717, 1.165) is 31.2 Å². The summed E-state index contributed by atoms with van der Waals surface area (Å²) in [5.74, 6) is -0.241. The van der Waals surface area contributed by atoms with Gasteiger partial charge >= 0.3 is 5.97 Å². The third-order valence-corrected chi connectivity index (χ3v) is 4.53. The van der Waals surface area contributed by atoms with E-state index in [2.05, 4.69) is 21.2 Å². The van der Waals surface area contributed by atoms with E-state index in [1.165, 1.54) is 6.07 Å². The van der Waals surface area contributed by atoms with Crippen LogP contribution in [0.15, 0.2) is 22.7 Å². The second-order valence-corrected chi connectivity index (χ2v) is 6.28. The van der Waals surface area contributed by atoms with Gasteiger partial charge in [-0.05, 0) is 66.2 Å². The number of benzene rings is 1. The number of rotatable bonds is 5. The average Bonchev–Trinajstić information content (AvgIpc) is 2.49. The summed E-state index contributed by atoms with van der Waals surface area (Å²) in [6.07, 6.45) is 3.71. The zero-order valence-electron chi connectivity index (χ0n) is 12.2. The lowest BCUT2D eigenvalue weighted by Crippen LogP contribution is -2.35. The molecule has 1 aliphatic rings. The molecule has 21 heavy (non-hydrogen) atoms. The summed E-state index contributed by atoms with van der Waals surface area (Å²) >= 11 is 3.20. The Labute approximate surface area is 133 Å². The van der Waals surface area contributed by atoms with E-state index in [1.807, 2.05) is 6.92 Å². The summed E-state index contributed by atoms with van der Waals surface area (Å²) in [4.78, 5) is 11.7. The van der Waals surface area contributed by atoms with Crippen molar-refractivity contribution in [2.45, 2.75) is 45.2 Å². The number of esters is 1. The summed E-state index contributed by atoms with van der Waals surface area (Å²) in [6.45, 7) is 3.01. The van der Waals surface area contributed by atoms with Crippen molar-refractivity contribution in [2.75, 3.05) is 6.61 Å². The van der Waals surface area contributed by atoms with Gasteiger partial charge in [0.2, 0.25) is 0 Å². The Morgan fingerprint density at radius 1 is 1.38 bits per heavy atom. The monoisotopic (exact) mass is 357 g/mol. The molecule has 1 N–H and O–H groups in total. The highest BCUT2D eigenvalue weighted by Crippen LogP contribution is 2.26. The number of ether oxygens (including phenoxy) is 1. The lowest BCUT2D eigenvalue weighted by Gasteiger charge is -2.28. The van der Waals surface area contributed by atoms with Gasteiger partial charge in [0.15, 0.2) is 0 Å². The van der Waals surface area contributed by atoms with E-state index in [0.29, 0.717) is 23.7 Å². The largest absolute Gasteiger partial charge is 0.466 e. The molecule has 1 saturated carbocycles. The minimum atomic E-state index is -0.242. The van der Waals surface area contributed by atoms with Crippen molar-refractivity contribution in [3.63, 3.8) is 0 Å². The van der Waals surface area contributed by atoms with Crippen LogP contribution in [0.5, 0.6) is 0 Å². The first kappa shape index (κ1) is 16.4. The smallest absolute Gasteiger partial charge is 0.308 e. The van der Waals surface area contributed by atoms with Gasteiger partial charge in [-0.1, -0.05) is 6.07 Å². The fourth-order valence-corrected chi connectivity index (χ4v) is 3.13. The van der Waals surface area contributed by atoms with Crippen LogP contribution in [-0.2, 0) is 16.1 Å². The van der Waals surface area contributed by atoms with E-state index in [9.17, 15) is 9.18 Å². The highest BCUT2D eigenvalue weighted by atomic mass is 79.9. The zero-order chi connectivity index (χ0) is 15.2. The van der Waals surface area contributed by atoms with Crippen LogP contribution in [0.4, 0.5) is 4.39 Å². The van der Waals surface area contributed by atoms with Crippen LogP contribution in [0.1, 0.15) is 38.2 Å².